The highest BCUT2D eigenvalue weighted by molar-refractivity contribution is 7.91. The molecule has 3 heterocycles. The molecule has 1 aromatic carbocycles. The molecule has 11 heteroatoms. The van der Waals surface area contributed by atoms with E-state index in [2.05, 4.69) is 34.5 Å². The van der Waals surface area contributed by atoms with E-state index >= 15 is 0 Å². The maximum atomic E-state index is 12.7. The van der Waals surface area contributed by atoms with Crippen LogP contribution in [0.4, 0.5) is 5.13 Å². The Balaban J connectivity index is 1.45. The summed E-state index contributed by atoms with van der Waals surface area (Å²) in [4.78, 5) is 24.9. The van der Waals surface area contributed by atoms with Crippen LogP contribution in [0.2, 0.25) is 0 Å². The van der Waals surface area contributed by atoms with Crippen LogP contribution in [0, 0.1) is 0 Å². The first-order chi connectivity index (χ1) is 14.7. The van der Waals surface area contributed by atoms with Crippen molar-refractivity contribution in [2.45, 2.75) is 45.1 Å². The van der Waals surface area contributed by atoms with Crippen molar-refractivity contribution in [2.75, 3.05) is 16.8 Å². The molecule has 2 amide bonds. The fourth-order valence-corrected chi connectivity index (χ4v) is 5.99. The number of nitrogens with one attached hydrogen (secondary N) is 1. The quantitative estimate of drug-likeness (QED) is 0.730. The summed E-state index contributed by atoms with van der Waals surface area (Å²) in [6.07, 6.45) is 0.650. The summed E-state index contributed by atoms with van der Waals surface area (Å²) in [5, 5.41) is 17.2. The van der Waals surface area contributed by atoms with Gasteiger partial charge in [-0.15, -0.1) is 10.2 Å². The van der Waals surface area contributed by atoms with Gasteiger partial charge in [0.15, 0.2) is 9.84 Å². The molecule has 2 aromatic rings. The predicted molar refractivity (Wildman–Crippen MR) is 119 cm³/mol. The molecule has 9 nitrogen and oxygen atoms in total. The highest BCUT2D eigenvalue weighted by Crippen LogP contribution is 2.28. The van der Waals surface area contributed by atoms with Crippen molar-refractivity contribution in [1.82, 2.24) is 15.2 Å². The standard InChI is InChI=1S/C20H23N5O4S2/c1-12(2)13-3-5-14(6-4-13)19-22-23-20(30-19)21-18(27)16-7-8-17(26)25(24-16)15-9-10-31(28,29)11-15/h3-6,12,15H,7-11H2,1-2H3,(H,21,23,27). The highest BCUT2D eigenvalue weighted by atomic mass is 32.2. The van der Waals surface area contributed by atoms with Gasteiger partial charge in [0, 0.05) is 18.4 Å². The minimum Gasteiger partial charge on any atom is -0.295 e. The number of hydrogen-bond donors (Lipinski definition) is 1. The van der Waals surface area contributed by atoms with Gasteiger partial charge >= 0.3 is 0 Å². The van der Waals surface area contributed by atoms with Crippen LogP contribution in [0.25, 0.3) is 10.6 Å². The lowest BCUT2D eigenvalue weighted by Crippen LogP contribution is -2.42. The van der Waals surface area contributed by atoms with Gasteiger partial charge in [-0.1, -0.05) is 49.4 Å². The molecule has 0 aliphatic carbocycles. The summed E-state index contributed by atoms with van der Waals surface area (Å²) in [7, 11) is -3.17. The number of rotatable bonds is 5. The second-order valence-corrected chi connectivity index (χ2v) is 11.2. The van der Waals surface area contributed by atoms with Crippen LogP contribution in [0.1, 0.15) is 44.6 Å². The van der Waals surface area contributed by atoms with Gasteiger partial charge in [0.2, 0.25) is 11.0 Å². The molecule has 2 aliphatic rings. The molecule has 31 heavy (non-hydrogen) atoms. The molecular weight excluding hydrogens is 438 g/mol. The fourth-order valence-electron chi connectivity index (χ4n) is 3.56. The second kappa shape index (κ2) is 8.46. The first-order valence-corrected chi connectivity index (χ1v) is 12.7. The first kappa shape index (κ1) is 21.6. The summed E-state index contributed by atoms with van der Waals surface area (Å²) in [6.45, 7) is 4.25. The van der Waals surface area contributed by atoms with Crippen LogP contribution in [0.15, 0.2) is 29.4 Å². The van der Waals surface area contributed by atoms with E-state index in [0.717, 1.165) is 5.56 Å². The summed E-state index contributed by atoms with van der Waals surface area (Å²) < 4.78 is 23.5. The Morgan fingerprint density at radius 3 is 2.58 bits per heavy atom. The highest BCUT2D eigenvalue weighted by Gasteiger charge is 2.37. The van der Waals surface area contributed by atoms with Gasteiger partial charge in [-0.2, -0.15) is 5.10 Å². The minimum absolute atomic E-state index is 0.0320. The van der Waals surface area contributed by atoms with Crippen molar-refractivity contribution in [3.05, 3.63) is 29.8 Å². The number of carbonyl (C=O) groups is 2. The average molecular weight is 462 g/mol. The molecule has 0 bridgehead atoms. The van der Waals surface area contributed by atoms with Gasteiger partial charge in [-0.05, 0) is 17.9 Å². The van der Waals surface area contributed by atoms with Gasteiger partial charge in [0.05, 0.1) is 17.5 Å². The first-order valence-electron chi connectivity index (χ1n) is 10.1. The van der Waals surface area contributed by atoms with Crippen LogP contribution in [0.3, 0.4) is 0 Å². The number of sulfone groups is 1. The number of anilines is 1. The second-order valence-electron chi connectivity index (χ2n) is 7.99. The van der Waals surface area contributed by atoms with Crippen LogP contribution in [-0.2, 0) is 19.4 Å². The Morgan fingerprint density at radius 1 is 1.19 bits per heavy atom. The number of hydrogen-bond acceptors (Lipinski definition) is 8. The third-order valence-electron chi connectivity index (χ3n) is 5.35. The van der Waals surface area contributed by atoms with E-state index in [1.54, 1.807) is 0 Å². The Kier molecular flexibility index (Phi) is 5.89. The third-order valence-corrected chi connectivity index (χ3v) is 7.98. The lowest BCUT2D eigenvalue weighted by molar-refractivity contribution is -0.133. The van der Waals surface area contributed by atoms with Crippen molar-refractivity contribution >= 4 is 43.8 Å². The molecule has 0 radical (unpaired) electrons. The fraction of sp³-hybridized carbons (Fsp3) is 0.450. The van der Waals surface area contributed by atoms with Gasteiger partial charge in [0.25, 0.3) is 5.91 Å². The average Bonchev–Trinajstić information content (AvgIpc) is 3.34. The Morgan fingerprint density at radius 2 is 1.94 bits per heavy atom. The molecule has 1 unspecified atom stereocenters. The van der Waals surface area contributed by atoms with E-state index in [9.17, 15) is 18.0 Å². The molecule has 164 valence electrons. The summed E-state index contributed by atoms with van der Waals surface area (Å²) >= 11 is 1.25. The Hall–Kier alpha value is -2.66. The molecule has 0 spiro atoms. The lowest BCUT2D eigenvalue weighted by Gasteiger charge is -2.27. The van der Waals surface area contributed by atoms with Gasteiger partial charge < -0.3 is 0 Å². The van der Waals surface area contributed by atoms with E-state index in [0.29, 0.717) is 22.5 Å². The smallest absolute Gasteiger partial charge is 0.273 e. The maximum Gasteiger partial charge on any atom is 0.273 e. The molecule has 1 fully saturated rings. The number of benzene rings is 1. The number of amides is 2. The zero-order valence-corrected chi connectivity index (χ0v) is 18.9. The topological polar surface area (TPSA) is 122 Å². The van der Waals surface area contributed by atoms with E-state index in [-0.39, 0.29) is 36.0 Å². The van der Waals surface area contributed by atoms with Crippen molar-refractivity contribution < 1.29 is 18.0 Å². The van der Waals surface area contributed by atoms with Crippen LogP contribution >= 0.6 is 11.3 Å². The SMILES string of the molecule is CC(C)c1ccc(-c2nnc(NC(=O)C3=NN(C4CCS(=O)(=O)C4)C(=O)CC3)s2)cc1. The van der Waals surface area contributed by atoms with E-state index in [1.165, 1.54) is 21.9 Å². The summed E-state index contributed by atoms with van der Waals surface area (Å²) in [6, 6.07) is 7.54. The van der Waals surface area contributed by atoms with Crippen LogP contribution in [0.5, 0.6) is 0 Å². The summed E-state index contributed by atoms with van der Waals surface area (Å²) in [5.41, 5.74) is 2.32. The molecule has 2 aliphatic heterocycles. The maximum absolute atomic E-state index is 12.7. The van der Waals surface area contributed by atoms with Gasteiger partial charge in [-0.25, -0.2) is 13.4 Å². The number of hydrazone groups is 1. The molecule has 1 atom stereocenters. The third kappa shape index (κ3) is 4.82. The van der Waals surface area contributed by atoms with E-state index in [1.807, 2.05) is 24.3 Å². The molecule has 1 aromatic heterocycles. The predicted octanol–water partition coefficient (Wildman–Crippen LogP) is 2.43. The van der Waals surface area contributed by atoms with Gasteiger partial charge in [-0.3, -0.25) is 14.9 Å². The van der Waals surface area contributed by atoms with E-state index < -0.39 is 21.8 Å². The van der Waals surface area contributed by atoms with Crippen LogP contribution < -0.4 is 5.32 Å². The molecular formula is C20H23N5O4S2. The Bertz CT molecular complexity index is 1140. The zero-order valence-electron chi connectivity index (χ0n) is 17.2. The number of nitrogens with zero attached hydrogens (tertiary/aromatic N) is 4. The number of carbonyl (C=O) groups excluding carboxylic acids is 2. The van der Waals surface area contributed by atoms with E-state index in [4.69, 9.17) is 0 Å². The zero-order chi connectivity index (χ0) is 22.2. The summed E-state index contributed by atoms with van der Waals surface area (Å²) in [5.74, 6) is -0.375. The minimum atomic E-state index is -3.17. The normalized spacial score (nSPS) is 20.7. The lowest BCUT2D eigenvalue weighted by atomic mass is 10.0. The van der Waals surface area contributed by atoms with Crippen LogP contribution in [-0.4, -0.2) is 58.7 Å². The van der Waals surface area contributed by atoms with Crippen molar-refractivity contribution in [3.63, 3.8) is 0 Å². The number of aromatic nitrogens is 2. The van der Waals surface area contributed by atoms with Gasteiger partial charge in [0.1, 0.15) is 10.7 Å². The largest absolute Gasteiger partial charge is 0.295 e. The van der Waals surface area contributed by atoms with Crippen molar-refractivity contribution in [1.29, 1.82) is 0 Å². The molecule has 4 rings (SSSR count). The monoisotopic (exact) mass is 461 g/mol. The Labute approximate surface area is 184 Å². The molecule has 1 N–H and O–H groups in total. The van der Waals surface area contributed by atoms with Crippen molar-refractivity contribution in [2.24, 2.45) is 5.10 Å². The molecule has 1 saturated heterocycles. The molecule has 0 saturated carbocycles. The van der Waals surface area contributed by atoms with Crippen molar-refractivity contribution in [3.8, 4) is 10.6 Å².